The molecule has 5 nitrogen and oxygen atoms in total. The number of anilines is 1. The molecule has 0 amide bonds. The Morgan fingerprint density at radius 1 is 1.30 bits per heavy atom. The molecule has 2 aromatic rings. The fourth-order valence-electron chi connectivity index (χ4n) is 3.07. The molecule has 1 aliphatic rings. The van der Waals surface area contributed by atoms with E-state index in [1.807, 2.05) is 23.5 Å². The first kappa shape index (κ1) is 22.1. The summed E-state index contributed by atoms with van der Waals surface area (Å²) >= 11 is 1.83. The largest absolute Gasteiger partial charge is 0.469 e. The summed E-state index contributed by atoms with van der Waals surface area (Å²) < 4.78 is 5.41. The van der Waals surface area contributed by atoms with Crippen molar-refractivity contribution in [1.29, 1.82) is 0 Å². The molecule has 0 unspecified atom stereocenters. The lowest BCUT2D eigenvalue weighted by molar-refractivity contribution is 0.460. The standard InChI is InChI=1S/C20H30N4OS.HI/c1-16(2)15-22-20(21-10-7-18-5-3-13-25-18)23-17-8-11-24(12-9-17)19-6-4-14-26-19;/h3-6,13-14,16-17H,7-12,15H2,1-2H3,(H2,21,22,23);1H. The van der Waals surface area contributed by atoms with Crippen LogP contribution in [0, 0.1) is 5.92 Å². The van der Waals surface area contributed by atoms with Crippen LogP contribution >= 0.6 is 35.3 Å². The normalized spacial score (nSPS) is 15.7. The van der Waals surface area contributed by atoms with Crippen molar-refractivity contribution in [2.24, 2.45) is 10.9 Å². The van der Waals surface area contributed by atoms with E-state index in [2.05, 4.69) is 46.9 Å². The molecule has 1 aliphatic heterocycles. The predicted molar refractivity (Wildman–Crippen MR) is 126 cm³/mol. The molecule has 3 heterocycles. The van der Waals surface area contributed by atoms with Crippen LogP contribution in [0.25, 0.3) is 0 Å². The fraction of sp³-hybridized carbons (Fsp3) is 0.550. The number of halogens is 1. The van der Waals surface area contributed by atoms with Gasteiger partial charge in [0.15, 0.2) is 5.96 Å². The first-order valence-electron chi connectivity index (χ1n) is 9.56. The number of piperidine rings is 1. The van der Waals surface area contributed by atoms with Crippen molar-refractivity contribution >= 4 is 46.3 Å². The molecular weight excluding hydrogens is 471 g/mol. The molecule has 0 atom stereocenters. The van der Waals surface area contributed by atoms with Gasteiger partial charge < -0.3 is 20.0 Å². The highest BCUT2D eigenvalue weighted by atomic mass is 127. The van der Waals surface area contributed by atoms with Crippen molar-refractivity contribution in [2.75, 3.05) is 31.1 Å². The van der Waals surface area contributed by atoms with E-state index >= 15 is 0 Å². The molecule has 1 fully saturated rings. The molecule has 150 valence electrons. The van der Waals surface area contributed by atoms with E-state index in [-0.39, 0.29) is 24.0 Å². The van der Waals surface area contributed by atoms with Gasteiger partial charge in [0, 0.05) is 38.6 Å². The number of nitrogens with zero attached hydrogens (tertiary/aromatic N) is 2. The predicted octanol–water partition coefficient (Wildman–Crippen LogP) is 4.36. The van der Waals surface area contributed by atoms with Crippen LogP contribution in [-0.2, 0) is 6.42 Å². The number of rotatable bonds is 7. The number of nitrogens with one attached hydrogen (secondary N) is 2. The van der Waals surface area contributed by atoms with Gasteiger partial charge >= 0.3 is 0 Å². The van der Waals surface area contributed by atoms with E-state index in [9.17, 15) is 0 Å². The summed E-state index contributed by atoms with van der Waals surface area (Å²) in [5.41, 5.74) is 0. The lowest BCUT2D eigenvalue weighted by atomic mass is 10.1. The highest BCUT2D eigenvalue weighted by Gasteiger charge is 2.20. The Labute approximate surface area is 183 Å². The Morgan fingerprint density at radius 2 is 2.11 bits per heavy atom. The number of furan rings is 1. The minimum Gasteiger partial charge on any atom is -0.469 e. The van der Waals surface area contributed by atoms with Gasteiger partial charge in [0.05, 0.1) is 11.3 Å². The topological polar surface area (TPSA) is 52.8 Å². The van der Waals surface area contributed by atoms with E-state index in [1.165, 1.54) is 5.00 Å². The number of guanidine groups is 1. The zero-order valence-electron chi connectivity index (χ0n) is 16.2. The Hall–Kier alpha value is -1.22. The molecule has 1 saturated heterocycles. The average molecular weight is 502 g/mol. The lowest BCUT2D eigenvalue weighted by Crippen LogP contribution is -2.49. The quantitative estimate of drug-likeness (QED) is 0.336. The van der Waals surface area contributed by atoms with Crippen molar-refractivity contribution in [3.63, 3.8) is 0 Å². The van der Waals surface area contributed by atoms with Gasteiger partial charge in [-0.05, 0) is 48.4 Å². The molecular formula is C20H31IN4OS. The van der Waals surface area contributed by atoms with Crippen molar-refractivity contribution < 1.29 is 4.42 Å². The van der Waals surface area contributed by atoms with Gasteiger partial charge in [-0.25, -0.2) is 0 Å². The molecule has 7 heteroatoms. The van der Waals surface area contributed by atoms with Crippen LogP contribution in [0.4, 0.5) is 5.00 Å². The maximum Gasteiger partial charge on any atom is 0.191 e. The second-order valence-corrected chi connectivity index (χ2v) is 8.12. The fourth-order valence-corrected chi connectivity index (χ4v) is 3.86. The number of aliphatic imine (C=N–C) groups is 1. The van der Waals surface area contributed by atoms with Crippen molar-refractivity contribution in [2.45, 2.75) is 39.2 Å². The Morgan fingerprint density at radius 3 is 2.74 bits per heavy atom. The van der Waals surface area contributed by atoms with E-state index in [1.54, 1.807) is 6.26 Å². The Balaban J connectivity index is 0.00000261. The van der Waals surface area contributed by atoms with Gasteiger partial charge in [-0.15, -0.1) is 35.3 Å². The third kappa shape index (κ3) is 7.37. The summed E-state index contributed by atoms with van der Waals surface area (Å²) in [6, 6.07) is 8.77. The third-order valence-corrected chi connectivity index (χ3v) is 5.44. The van der Waals surface area contributed by atoms with E-state index in [0.29, 0.717) is 12.0 Å². The molecule has 2 aromatic heterocycles. The number of thiophene rings is 1. The minimum absolute atomic E-state index is 0. The van der Waals surface area contributed by atoms with Crippen LogP contribution in [0.1, 0.15) is 32.4 Å². The molecule has 3 rings (SSSR count). The van der Waals surface area contributed by atoms with E-state index in [4.69, 9.17) is 9.41 Å². The van der Waals surface area contributed by atoms with Crippen LogP contribution in [0.3, 0.4) is 0 Å². The highest BCUT2D eigenvalue weighted by molar-refractivity contribution is 14.0. The SMILES string of the molecule is CC(C)CN=C(NCCc1ccco1)NC1CCN(c2cccs2)CC1.I. The van der Waals surface area contributed by atoms with Crippen LogP contribution in [0.5, 0.6) is 0 Å². The summed E-state index contributed by atoms with van der Waals surface area (Å²) in [6.07, 6.45) is 4.87. The minimum atomic E-state index is 0. The maximum absolute atomic E-state index is 5.41. The molecule has 2 N–H and O–H groups in total. The van der Waals surface area contributed by atoms with Crippen LogP contribution in [0.15, 0.2) is 45.3 Å². The first-order valence-corrected chi connectivity index (χ1v) is 10.4. The molecule has 0 aromatic carbocycles. The molecule has 27 heavy (non-hydrogen) atoms. The van der Waals surface area contributed by atoms with Gasteiger partial charge in [0.1, 0.15) is 5.76 Å². The van der Waals surface area contributed by atoms with Gasteiger partial charge in [0.25, 0.3) is 0 Å². The van der Waals surface area contributed by atoms with Gasteiger partial charge in [-0.1, -0.05) is 13.8 Å². The molecule has 0 radical (unpaired) electrons. The average Bonchev–Trinajstić information content (AvgIpc) is 3.34. The van der Waals surface area contributed by atoms with Crippen molar-refractivity contribution in [1.82, 2.24) is 10.6 Å². The van der Waals surface area contributed by atoms with Crippen molar-refractivity contribution in [3.8, 4) is 0 Å². The smallest absolute Gasteiger partial charge is 0.191 e. The summed E-state index contributed by atoms with van der Waals surface area (Å²) in [4.78, 5) is 7.24. The maximum atomic E-state index is 5.41. The summed E-state index contributed by atoms with van der Waals surface area (Å²) in [6.45, 7) is 8.26. The lowest BCUT2D eigenvalue weighted by Gasteiger charge is -2.33. The molecule has 0 saturated carbocycles. The number of hydrogen-bond acceptors (Lipinski definition) is 4. The first-order chi connectivity index (χ1) is 12.7. The van der Waals surface area contributed by atoms with Crippen LogP contribution in [-0.4, -0.2) is 38.2 Å². The van der Waals surface area contributed by atoms with Crippen LogP contribution in [0.2, 0.25) is 0 Å². The third-order valence-electron chi connectivity index (χ3n) is 4.51. The van der Waals surface area contributed by atoms with Gasteiger partial charge in [-0.3, -0.25) is 4.99 Å². The van der Waals surface area contributed by atoms with E-state index < -0.39 is 0 Å². The zero-order chi connectivity index (χ0) is 18.2. The second-order valence-electron chi connectivity index (χ2n) is 7.20. The molecule has 0 aliphatic carbocycles. The van der Waals surface area contributed by atoms with E-state index in [0.717, 1.165) is 57.2 Å². The Bertz CT molecular complexity index is 650. The summed E-state index contributed by atoms with van der Waals surface area (Å²) in [7, 11) is 0. The number of hydrogen-bond donors (Lipinski definition) is 2. The van der Waals surface area contributed by atoms with Crippen LogP contribution < -0.4 is 15.5 Å². The highest BCUT2D eigenvalue weighted by Crippen LogP contribution is 2.24. The van der Waals surface area contributed by atoms with Gasteiger partial charge in [0.2, 0.25) is 0 Å². The Kier molecular flexibility index (Phi) is 9.47. The summed E-state index contributed by atoms with van der Waals surface area (Å²) in [5.74, 6) is 2.49. The summed E-state index contributed by atoms with van der Waals surface area (Å²) in [5, 5.41) is 10.6. The second kappa shape index (κ2) is 11.6. The molecule has 0 spiro atoms. The molecule has 0 bridgehead atoms. The van der Waals surface area contributed by atoms with Crippen molar-refractivity contribution in [3.05, 3.63) is 41.7 Å². The van der Waals surface area contributed by atoms with Gasteiger partial charge in [-0.2, -0.15) is 0 Å². The zero-order valence-corrected chi connectivity index (χ0v) is 19.3. The monoisotopic (exact) mass is 502 g/mol.